The summed E-state index contributed by atoms with van der Waals surface area (Å²) in [6.07, 6.45) is 3.53. The van der Waals surface area contributed by atoms with Crippen molar-refractivity contribution < 1.29 is 0 Å². The molecule has 0 amide bonds. The Kier molecular flexibility index (Phi) is 5.00. The van der Waals surface area contributed by atoms with Gasteiger partial charge in [-0.3, -0.25) is 9.55 Å². The van der Waals surface area contributed by atoms with Gasteiger partial charge in [0.1, 0.15) is 10.9 Å². The summed E-state index contributed by atoms with van der Waals surface area (Å²) in [5, 5.41) is 10.4. The van der Waals surface area contributed by atoms with E-state index in [2.05, 4.69) is 41.1 Å². The molecular formula is C19H15BrN6S. The van der Waals surface area contributed by atoms with Gasteiger partial charge in [-0.25, -0.2) is 9.97 Å². The zero-order chi connectivity index (χ0) is 18.8. The normalized spacial score (nSPS) is 10.9. The van der Waals surface area contributed by atoms with Crippen LogP contribution in [0.3, 0.4) is 0 Å². The van der Waals surface area contributed by atoms with Crippen LogP contribution < -0.4 is 0 Å². The quantitative estimate of drug-likeness (QED) is 0.431. The van der Waals surface area contributed by atoms with Crippen molar-refractivity contribution in [1.29, 1.82) is 0 Å². The van der Waals surface area contributed by atoms with Gasteiger partial charge in [0.2, 0.25) is 5.16 Å². The lowest BCUT2D eigenvalue weighted by Gasteiger charge is -2.10. The summed E-state index contributed by atoms with van der Waals surface area (Å²) in [6.45, 7) is 3.84. The minimum atomic E-state index is 0.730. The van der Waals surface area contributed by atoms with Crippen LogP contribution in [0.1, 0.15) is 11.5 Å². The van der Waals surface area contributed by atoms with Crippen LogP contribution in [-0.4, -0.2) is 29.7 Å². The molecule has 3 aromatic heterocycles. The van der Waals surface area contributed by atoms with Crippen molar-refractivity contribution in [1.82, 2.24) is 29.7 Å². The molecule has 0 saturated carbocycles. The van der Waals surface area contributed by atoms with E-state index in [4.69, 9.17) is 0 Å². The van der Waals surface area contributed by atoms with E-state index in [0.717, 1.165) is 43.2 Å². The van der Waals surface area contributed by atoms with E-state index >= 15 is 0 Å². The lowest BCUT2D eigenvalue weighted by molar-refractivity contribution is 0.874. The van der Waals surface area contributed by atoms with Crippen molar-refractivity contribution in [2.24, 2.45) is 0 Å². The number of nitrogens with zero attached hydrogens (tertiary/aromatic N) is 6. The first-order valence-electron chi connectivity index (χ1n) is 8.22. The van der Waals surface area contributed by atoms with Gasteiger partial charge in [-0.05, 0) is 68.1 Å². The molecule has 0 N–H and O–H groups in total. The zero-order valence-electron chi connectivity index (χ0n) is 14.7. The second-order valence-corrected chi connectivity index (χ2v) is 7.76. The van der Waals surface area contributed by atoms with Crippen LogP contribution in [-0.2, 0) is 0 Å². The Hall–Kier alpha value is -2.58. The molecule has 0 aliphatic carbocycles. The molecule has 134 valence electrons. The summed E-state index contributed by atoms with van der Waals surface area (Å²) in [5.74, 6) is 1.47. The molecule has 0 aliphatic heterocycles. The molecule has 0 radical (unpaired) electrons. The highest BCUT2D eigenvalue weighted by Gasteiger charge is 2.17. The maximum Gasteiger partial charge on any atom is 0.202 e. The van der Waals surface area contributed by atoms with E-state index < -0.39 is 0 Å². The molecular weight excluding hydrogens is 424 g/mol. The topological polar surface area (TPSA) is 69.4 Å². The van der Waals surface area contributed by atoms with Gasteiger partial charge in [-0.15, -0.1) is 10.2 Å². The summed E-state index contributed by atoms with van der Waals surface area (Å²) in [6, 6.07) is 13.8. The summed E-state index contributed by atoms with van der Waals surface area (Å²) in [5.41, 5.74) is 2.79. The number of pyridine rings is 1. The minimum Gasteiger partial charge on any atom is -0.270 e. The Bertz CT molecular complexity index is 1060. The van der Waals surface area contributed by atoms with E-state index in [0.29, 0.717) is 0 Å². The lowest BCUT2D eigenvalue weighted by atomic mass is 10.2. The Balaban J connectivity index is 1.84. The molecule has 0 unspecified atom stereocenters. The van der Waals surface area contributed by atoms with Crippen LogP contribution in [0.5, 0.6) is 0 Å². The monoisotopic (exact) mass is 438 g/mol. The second-order valence-electron chi connectivity index (χ2n) is 5.86. The number of aryl methyl sites for hydroxylation is 2. The molecule has 0 spiro atoms. The van der Waals surface area contributed by atoms with E-state index in [1.165, 1.54) is 11.8 Å². The fourth-order valence-corrected chi connectivity index (χ4v) is 3.89. The van der Waals surface area contributed by atoms with Crippen LogP contribution in [0, 0.1) is 13.8 Å². The number of benzene rings is 1. The van der Waals surface area contributed by atoms with Crippen molar-refractivity contribution in [2.45, 2.75) is 24.0 Å². The van der Waals surface area contributed by atoms with E-state index in [1.807, 2.05) is 60.9 Å². The largest absolute Gasteiger partial charge is 0.270 e. The van der Waals surface area contributed by atoms with Crippen LogP contribution in [0.2, 0.25) is 0 Å². The van der Waals surface area contributed by atoms with E-state index in [9.17, 15) is 0 Å². The zero-order valence-corrected chi connectivity index (χ0v) is 17.1. The van der Waals surface area contributed by atoms with Gasteiger partial charge in [0, 0.05) is 33.8 Å². The third-order valence-electron chi connectivity index (χ3n) is 3.78. The van der Waals surface area contributed by atoms with Gasteiger partial charge >= 0.3 is 0 Å². The summed E-state index contributed by atoms with van der Waals surface area (Å²) >= 11 is 4.95. The van der Waals surface area contributed by atoms with Gasteiger partial charge in [-0.2, -0.15) is 0 Å². The first-order valence-corrected chi connectivity index (χ1v) is 9.83. The molecule has 4 rings (SSSR count). The Morgan fingerprint density at radius 1 is 1.00 bits per heavy atom. The molecule has 0 fully saturated rings. The third-order valence-corrected chi connectivity index (χ3v) is 5.17. The fraction of sp³-hybridized carbons (Fsp3) is 0.105. The molecule has 0 bridgehead atoms. The number of halogens is 1. The van der Waals surface area contributed by atoms with Gasteiger partial charge in [0.05, 0.1) is 0 Å². The predicted molar refractivity (Wildman–Crippen MR) is 108 cm³/mol. The number of aromatic nitrogens is 6. The van der Waals surface area contributed by atoms with Crippen molar-refractivity contribution in [2.75, 3.05) is 0 Å². The van der Waals surface area contributed by atoms with Crippen molar-refractivity contribution in [3.63, 3.8) is 0 Å². The van der Waals surface area contributed by atoms with E-state index in [1.54, 1.807) is 12.4 Å². The van der Waals surface area contributed by atoms with Gasteiger partial charge in [0.25, 0.3) is 0 Å². The number of hydrogen-bond donors (Lipinski definition) is 0. The average molecular weight is 439 g/mol. The van der Waals surface area contributed by atoms with Crippen molar-refractivity contribution in [3.8, 4) is 17.1 Å². The Morgan fingerprint density at radius 2 is 1.81 bits per heavy atom. The average Bonchev–Trinajstić information content (AvgIpc) is 3.06. The maximum atomic E-state index is 4.51. The minimum absolute atomic E-state index is 0.730. The highest BCUT2D eigenvalue weighted by molar-refractivity contribution is 9.10. The van der Waals surface area contributed by atoms with Crippen LogP contribution >= 0.6 is 27.7 Å². The first-order chi connectivity index (χ1) is 13.1. The maximum absolute atomic E-state index is 4.51. The Morgan fingerprint density at radius 3 is 2.52 bits per heavy atom. The SMILES string of the molecule is Cc1cc(Sc2nnc(-c3cccnc3)n2-c2ccc(Br)cc2)nc(C)n1. The molecule has 4 aromatic rings. The second kappa shape index (κ2) is 7.58. The summed E-state index contributed by atoms with van der Waals surface area (Å²) in [7, 11) is 0. The van der Waals surface area contributed by atoms with Crippen LogP contribution in [0.15, 0.2) is 69.5 Å². The summed E-state index contributed by atoms with van der Waals surface area (Å²) < 4.78 is 3.03. The van der Waals surface area contributed by atoms with Crippen molar-refractivity contribution in [3.05, 3.63) is 70.8 Å². The molecule has 27 heavy (non-hydrogen) atoms. The summed E-state index contributed by atoms with van der Waals surface area (Å²) in [4.78, 5) is 13.1. The molecule has 6 nitrogen and oxygen atoms in total. The molecule has 0 aliphatic rings. The predicted octanol–water partition coefficient (Wildman–Crippen LogP) is 4.65. The molecule has 3 heterocycles. The smallest absolute Gasteiger partial charge is 0.202 e. The molecule has 0 saturated heterocycles. The lowest BCUT2D eigenvalue weighted by Crippen LogP contribution is -2.00. The van der Waals surface area contributed by atoms with Gasteiger partial charge in [-0.1, -0.05) is 15.9 Å². The van der Waals surface area contributed by atoms with E-state index in [-0.39, 0.29) is 0 Å². The van der Waals surface area contributed by atoms with Gasteiger partial charge in [0.15, 0.2) is 5.82 Å². The molecule has 1 aromatic carbocycles. The standard InChI is InChI=1S/C19H15BrN6S/c1-12-10-17(23-13(2)22-12)27-19-25-24-18(14-4-3-9-21-11-14)26(19)16-7-5-15(20)6-8-16/h3-11H,1-2H3. The highest BCUT2D eigenvalue weighted by Crippen LogP contribution is 2.31. The Labute approximate surface area is 169 Å². The fourth-order valence-electron chi connectivity index (χ4n) is 2.67. The molecule has 0 atom stereocenters. The first kappa shape index (κ1) is 17.8. The third kappa shape index (κ3) is 3.91. The number of hydrogen-bond acceptors (Lipinski definition) is 6. The van der Waals surface area contributed by atoms with Gasteiger partial charge < -0.3 is 0 Å². The van der Waals surface area contributed by atoms with Crippen LogP contribution in [0.25, 0.3) is 17.1 Å². The van der Waals surface area contributed by atoms with Crippen molar-refractivity contribution >= 4 is 27.7 Å². The van der Waals surface area contributed by atoms with Crippen LogP contribution in [0.4, 0.5) is 0 Å². The molecule has 8 heteroatoms. The highest BCUT2D eigenvalue weighted by atomic mass is 79.9. The number of rotatable bonds is 4.